The van der Waals surface area contributed by atoms with Gasteiger partial charge in [-0.2, -0.15) is 0 Å². The zero-order chi connectivity index (χ0) is 15.7. The van der Waals surface area contributed by atoms with Crippen LogP contribution in [0.1, 0.15) is 24.8 Å². The van der Waals surface area contributed by atoms with Gasteiger partial charge in [0.15, 0.2) is 0 Å². The molecule has 1 amide bonds. The van der Waals surface area contributed by atoms with Crippen LogP contribution < -0.4 is 0 Å². The number of likely N-dealkylation sites (tertiary alicyclic amines) is 2. The number of alkyl halides is 1. The van der Waals surface area contributed by atoms with Gasteiger partial charge in [0.05, 0.1) is 11.1 Å². The number of piperidine rings is 1. The third kappa shape index (κ3) is 3.25. The topological polar surface area (TPSA) is 23.6 Å². The molecular formula is C16H19ClF2N2O. The minimum Gasteiger partial charge on any atom is -0.337 e. The first-order valence-electron chi connectivity index (χ1n) is 7.65. The molecule has 2 fully saturated rings. The Balaban J connectivity index is 1.64. The van der Waals surface area contributed by atoms with Gasteiger partial charge in [-0.25, -0.2) is 8.78 Å². The minimum absolute atomic E-state index is 0.0180. The van der Waals surface area contributed by atoms with Crippen molar-refractivity contribution in [2.45, 2.75) is 38.0 Å². The maximum Gasteiger partial charge on any atom is 0.240 e. The highest BCUT2D eigenvalue weighted by Crippen LogP contribution is 2.24. The van der Waals surface area contributed by atoms with Gasteiger partial charge >= 0.3 is 0 Å². The van der Waals surface area contributed by atoms with Gasteiger partial charge in [-0.3, -0.25) is 9.69 Å². The summed E-state index contributed by atoms with van der Waals surface area (Å²) in [5.41, 5.74) is 0.720. The zero-order valence-corrected chi connectivity index (χ0v) is 13.0. The van der Waals surface area contributed by atoms with Crippen LogP contribution in [0.15, 0.2) is 18.2 Å². The van der Waals surface area contributed by atoms with E-state index in [2.05, 4.69) is 0 Å². The van der Waals surface area contributed by atoms with Crippen LogP contribution in [0.5, 0.6) is 0 Å². The SMILES string of the molecule is O=C1C(N2CCCC(F)C2)CCN1Cc1ccc(Cl)c(F)c1. The minimum atomic E-state index is -0.832. The molecule has 0 N–H and O–H groups in total. The predicted octanol–water partition coefficient (Wildman–Crippen LogP) is 3.01. The van der Waals surface area contributed by atoms with E-state index in [1.807, 2.05) is 4.90 Å². The second-order valence-corrected chi connectivity index (χ2v) is 6.45. The Kier molecular flexibility index (Phi) is 4.64. The molecular weight excluding hydrogens is 310 g/mol. The van der Waals surface area contributed by atoms with Crippen molar-refractivity contribution in [3.05, 3.63) is 34.6 Å². The maximum atomic E-state index is 13.5. The lowest BCUT2D eigenvalue weighted by Gasteiger charge is -2.32. The second kappa shape index (κ2) is 6.50. The van der Waals surface area contributed by atoms with Crippen molar-refractivity contribution >= 4 is 17.5 Å². The highest BCUT2D eigenvalue weighted by atomic mass is 35.5. The van der Waals surface area contributed by atoms with Crippen LogP contribution in [0.3, 0.4) is 0 Å². The molecule has 2 atom stereocenters. The Morgan fingerprint density at radius 3 is 2.82 bits per heavy atom. The van der Waals surface area contributed by atoms with E-state index in [0.29, 0.717) is 32.5 Å². The average molecular weight is 329 g/mol. The Morgan fingerprint density at radius 2 is 2.09 bits per heavy atom. The quantitative estimate of drug-likeness (QED) is 0.851. The first-order valence-corrected chi connectivity index (χ1v) is 8.03. The van der Waals surface area contributed by atoms with Crippen LogP contribution >= 0.6 is 11.6 Å². The van der Waals surface area contributed by atoms with Gasteiger partial charge in [-0.15, -0.1) is 0 Å². The van der Waals surface area contributed by atoms with Crippen LogP contribution in [0.4, 0.5) is 8.78 Å². The number of hydrogen-bond donors (Lipinski definition) is 0. The smallest absolute Gasteiger partial charge is 0.240 e. The summed E-state index contributed by atoms with van der Waals surface area (Å²) >= 11 is 5.67. The van der Waals surface area contributed by atoms with E-state index in [1.54, 1.807) is 11.0 Å². The number of rotatable bonds is 3. The molecule has 120 valence electrons. The molecule has 3 rings (SSSR count). The van der Waals surface area contributed by atoms with Crippen molar-refractivity contribution in [1.29, 1.82) is 0 Å². The number of amides is 1. The number of nitrogens with zero attached hydrogens (tertiary/aromatic N) is 2. The third-order valence-electron chi connectivity index (χ3n) is 4.46. The highest BCUT2D eigenvalue weighted by Gasteiger charge is 2.37. The number of hydrogen-bond acceptors (Lipinski definition) is 2. The molecule has 3 nitrogen and oxygen atoms in total. The van der Waals surface area contributed by atoms with Gasteiger partial charge in [0.1, 0.15) is 12.0 Å². The second-order valence-electron chi connectivity index (χ2n) is 6.05. The first-order chi connectivity index (χ1) is 10.5. The van der Waals surface area contributed by atoms with Crippen LogP contribution in [-0.4, -0.2) is 47.6 Å². The Labute approximate surface area is 133 Å². The molecule has 2 aliphatic heterocycles. The summed E-state index contributed by atoms with van der Waals surface area (Å²) in [5, 5.41) is 0.0803. The van der Waals surface area contributed by atoms with Crippen LogP contribution in [-0.2, 0) is 11.3 Å². The van der Waals surface area contributed by atoms with Crippen molar-refractivity contribution in [3.63, 3.8) is 0 Å². The van der Waals surface area contributed by atoms with Gasteiger partial charge in [-0.05, 0) is 43.5 Å². The monoisotopic (exact) mass is 328 g/mol. The van der Waals surface area contributed by atoms with E-state index >= 15 is 0 Å². The van der Waals surface area contributed by atoms with E-state index in [9.17, 15) is 13.6 Å². The van der Waals surface area contributed by atoms with Gasteiger partial charge in [-0.1, -0.05) is 17.7 Å². The molecule has 2 saturated heterocycles. The van der Waals surface area contributed by atoms with Gasteiger partial charge in [0, 0.05) is 19.6 Å². The average Bonchev–Trinajstić information content (AvgIpc) is 2.84. The summed E-state index contributed by atoms with van der Waals surface area (Å²) in [6.45, 7) is 2.12. The molecule has 1 aromatic rings. The lowest BCUT2D eigenvalue weighted by atomic mass is 10.1. The normalized spacial score (nSPS) is 26.7. The van der Waals surface area contributed by atoms with E-state index in [4.69, 9.17) is 11.6 Å². The van der Waals surface area contributed by atoms with E-state index in [-0.39, 0.29) is 17.0 Å². The van der Waals surface area contributed by atoms with Crippen molar-refractivity contribution in [2.75, 3.05) is 19.6 Å². The zero-order valence-electron chi connectivity index (χ0n) is 12.3. The van der Waals surface area contributed by atoms with Crippen LogP contribution in [0.25, 0.3) is 0 Å². The Morgan fingerprint density at radius 1 is 1.27 bits per heavy atom. The van der Waals surface area contributed by atoms with Crippen molar-refractivity contribution in [2.24, 2.45) is 0 Å². The molecule has 1 aromatic carbocycles. The molecule has 2 aliphatic rings. The summed E-state index contributed by atoms with van der Waals surface area (Å²) in [4.78, 5) is 16.2. The van der Waals surface area contributed by atoms with Crippen molar-refractivity contribution in [1.82, 2.24) is 9.80 Å². The summed E-state index contributed by atoms with van der Waals surface area (Å²) in [5.74, 6) is -0.455. The summed E-state index contributed by atoms with van der Waals surface area (Å²) in [6, 6.07) is 4.37. The fourth-order valence-electron chi connectivity index (χ4n) is 3.31. The predicted molar refractivity (Wildman–Crippen MR) is 80.9 cm³/mol. The number of carbonyl (C=O) groups excluding carboxylic acids is 1. The lowest BCUT2D eigenvalue weighted by molar-refractivity contribution is -0.133. The summed E-state index contributed by atoms with van der Waals surface area (Å²) < 4.78 is 27.0. The standard InChI is InChI=1S/C16H19ClF2N2O/c17-13-4-3-11(8-14(13)19)9-21-7-5-15(16(21)22)20-6-1-2-12(18)10-20/h3-4,8,12,15H,1-2,5-7,9-10H2. The molecule has 6 heteroatoms. The van der Waals surface area contributed by atoms with E-state index in [1.165, 1.54) is 12.1 Å². The molecule has 2 unspecified atom stereocenters. The Bertz CT molecular complexity index is 569. The first kappa shape index (κ1) is 15.7. The van der Waals surface area contributed by atoms with Gasteiger partial charge in [0.2, 0.25) is 5.91 Å². The number of benzene rings is 1. The number of halogens is 3. The molecule has 22 heavy (non-hydrogen) atoms. The fraction of sp³-hybridized carbons (Fsp3) is 0.562. The lowest BCUT2D eigenvalue weighted by Crippen LogP contribution is -2.47. The van der Waals surface area contributed by atoms with Crippen LogP contribution in [0.2, 0.25) is 5.02 Å². The van der Waals surface area contributed by atoms with Crippen molar-refractivity contribution < 1.29 is 13.6 Å². The third-order valence-corrected chi connectivity index (χ3v) is 4.77. The molecule has 0 aliphatic carbocycles. The molecule has 0 saturated carbocycles. The molecule has 0 bridgehead atoms. The summed E-state index contributed by atoms with van der Waals surface area (Å²) in [7, 11) is 0. The largest absolute Gasteiger partial charge is 0.337 e. The Hall–Kier alpha value is -1.20. The van der Waals surface area contributed by atoms with E-state index in [0.717, 1.165) is 18.5 Å². The van der Waals surface area contributed by atoms with Crippen molar-refractivity contribution in [3.8, 4) is 0 Å². The molecule has 0 aromatic heterocycles. The molecule has 0 spiro atoms. The van der Waals surface area contributed by atoms with Gasteiger partial charge < -0.3 is 4.90 Å². The molecule has 2 heterocycles. The van der Waals surface area contributed by atoms with Crippen LogP contribution in [0, 0.1) is 5.82 Å². The van der Waals surface area contributed by atoms with E-state index < -0.39 is 12.0 Å². The number of carbonyl (C=O) groups is 1. The highest BCUT2D eigenvalue weighted by molar-refractivity contribution is 6.30. The van der Waals surface area contributed by atoms with Gasteiger partial charge in [0.25, 0.3) is 0 Å². The molecule has 0 radical (unpaired) electrons. The summed E-state index contributed by atoms with van der Waals surface area (Å²) in [6.07, 6.45) is 1.26. The maximum absolute atomic E-state index is 13.5. The fourth-order valence-corrected chi connectivity index (χ4v) is 3.43.